The smallest absolute Gasteiger partial charge is 0.256 e. The number of benzene rings is 1. The largest absolute Gasteiger partial charge is 0.496 e. The second-order valence-electron chi connectivity index (χ2n) is 6.67. The summed E-state index contributed by atoms with van der Waals surface area (Å²) in [5.41, 5.74) is 3.19. The number of nitriles is 1. The van der Waals surface area contributed by atoms with E-state index in [1.165, 1.54) is 0 Å². The number of hydrogen-bond acceptors (Lipinski definition) is 4. The predicted molar refractivity (Wildman–Crippen MR) is 93.3 cm³/mol. The molecule has 1 aromatic carbocycles. The number of methoxy groups -OCH3 is 1. The van der Waals surface area contributed by atoms with E-state index in [4.69, 9.17) is 4.74 Å². The zero-order chi connectivity index (χ0) is 18.3. The van der Waals surface area contributed by atoms with Crippen LogP contribution in [0.5, 0.6) is 5.75 Å². The van der Waals surface area contributed by atoms with Gasteiger partial charge in [0.1, 0.15) is 17.6 Å². The third-order valence-electron chi connectivity index (χ3n) is 4.78. The summed E-state index contributed by atoms with van der Waals surface area (Å²) in [5, 5.41) is 9.85. The monoisotopic (exact) mass is 338 g/mol. The van der Waals surface area contributed by atoms with Crippen molar-refractivity contribution in [2.45, 2.75) is 39.3 Å². The van der Waals surface area contributed by atoms with Crippen molar-refractivity contribution in [3.05, 3.63) is 46.5 Å². The Morgan fingerprint density at radius 2 is 2.16 bits per heavy atom. The first kappa shape index (κ1) is 17.0. The molecule has 1 aliphatic heterocycles. The Hall–Kier alpha value is -2.81. The van der Waals surface area contributed by atoms with Crippen molar-refractivity contribution in [2.24, 2.45) is 7.05 Å². The minimum Gasteiger partial charge on any atom is -0.496 e. The van der Waals surface area contributed by atoms with Crippen LogP contribution in [-0.2, 0) is 13.6 Å². The zero-order valence-electron chi connectivity index (χ0n) is 15.2. The van der Waals surface area contributed by atoms with Gasteiger partial charge in [-0.3, -0.25) is 4.79 Å². The van der Waals surface area contributed by atoms with Crippen LogP contribution in [0.25, 0.3) is 0 Å². The molecule has 1 aliphatic rings. The molecule has 130 valence electrons. The van der Waals surface area contributed by atoms with Gasteiger partial charge in [0, 0.05) is 36.1 Å². The molecule has 0 saturated heterocycles. The van der Waals surface area contributed by atoms with Crippen molar-refractivity contribution in [3.8, 4) is 11.8 Å². The lowest BCUT2D eigenvalue weighted by Crippen LogP contribution is -2.28. The first-order valence-corrected chi connectivity index (χ1v) is 8.28. The maximum Gasteiger partial charge on any atom is 0.256 e. The number of imidazole rings is 1. The van der Waals surface area contributed by atoms with Crippen molar-refractivity contribution in [3.63, 3.8) is 0 Å². The van der Waals surface area contributed by atoms with Crippen molar-refractivity contribution < 1.29 is 9.53 Å². The molecule has 1 unspecified atom stereocenters. The summed E-state index contributed by atoms with van der Waals surface area (Å²) in [6.07, 6.45) is 3.52. The summed E-state index contributed by atoms with van der Waals surface area (Å²) < 4.78 is 7.41. The highest BCUT2D eigenvalue weighted by atomic mass is 16.5. The van der Waals surface area contributed by atoms with E-state index < -0.39 is 6.04 Å². The molecule has 6 heteroatoms. The Kier molecular flexibility index (Phi) is 4.25. The topological polar surface area (TPSA) is 71.2 Å². The van der Waals surface area contributed by atoms with E-state index in [2.05, 4.69) is 11.1 Å². The molecule has 0 fully saturated rings. The Balaban J connectivity index is 2.17. The Labute approximate surface area is 147 Å². The van der Waals surface area contributed by atoms with E-state index in [1.807, 2.05) is 44.6 Å². The number of aryl methyl sites for hydroxylation is 2. The molecule has 25 heavy (non-hydrogen) atoms. The molecule has 0 N–H and O–H groups in total. The summed E-state index contributed by atoms with van der Waals surface area (Å²) in [6, 6.07) is 3.58. The number of rotatable bonds is 4. The summed E-state index contributed by atoms with van der Waals surface area (Å²) >= 11 is 0. The first-order valence-electron chi connectivity index (χ1n) is 8.28. The lowest BCUT2D eigenvalue weighted by Gasteiger charge is -2.22. The van der Waals surface area contributed by atoms with Gasteiger partial charge in [0.05, 0.1) is 19.7 Å². The van der Waals surface area contributed by atoms with E-state index in [9.17, 15) is 10.1 Å². The molecular formula is C19H22N4O2. The van der Waals surface area contributed by atoms with Crippen LogP contribution >= 0.6 is 0 Å². The maximum atomic E-state index is 13.1. The molecule has 3 rings (SSSR count). The predicted octanol–water partition coefficient (Wildman–Crippen LogP) is 3.08. The fourth-order valence-corrected chi connectivity index (χ4v) is 3.57. The number of amides is 1. The number of carbonyl (C=O) groups is 1. The van der Waals surface area contributed by atoms with Crippen LogP contribution in [0.1, 0.15) is 58.7 Å². The number of aromatic nitrogens is 2. The average Bonchev–Trinajstić information content (AvgIpc) is 3.09. The van der Waals surface area contributed by atoms with Crippen LogP contribution in [0.4, 0.5) is 0 Å². The molecule has 1 amide bonds. The Morgan fingerprint density at radius 1 is 1.44 bits per heavy atom. The second-order valence-corrected chi connectivity index (χ2v) is 6.67. The van der Waals surface area contributed by atoms with Crippen molar-refractivity contribution in [1.82, 2.24) is 14.5 Å². The normalized spacial score (nSPS) is 16.3. The van der Waals surface area contributed by atoms with E-state index in [0.717, 1.165) is 28.3 Å². The van der Waals surface area contributed by atoms with Crippen LogP contribution in [0, 0.1) is 18.3 Å². The van der Waals surface area contributed by atoms with E-state index >= 15 is 0 Å². The van der Waals surface area contributed by atoms with Crippen LogP contribution in [-0.4, -0.2) is 27.5 Å². The van der Waals surface area contributed by atoms with Gasteiger partial charge in [-0.05, 0) is 24.5 Å². The van der Waals surface area contributed by atoms with Gasteiger partial charge in [-0.15, -0.1) is 0 Å². The summed E-state index contributed by atoms with van der Waals surface area (Å²) in [5.74, 6) is 1.50. The maximum absolute atomic E-state index is 13.1. The van der Waals surface area contributed by atoms with Gasteiger partial charge in [0.15, 0.2) is 0 Å². The Bertz CT molecular complexity index is 876. The highest BCUT2D eigenvalue weighted by molar-refractivity contribution is 6.02. The zero-order valence-corrected chi connectivity index (χ0v) is 15.2. The summed E-state index contributed by atoms with van der Waals surface area (Å²) in [4.78, 5) is 19.0. The van der Waals surface area contributed by atoms with E-state index in [-0.39, 0.29) is 11.8 Å². The van der Waals surface area contributed by atoms with Crippen LogP contribution in [0.2, 0.25) is 0 Å². The standard InChI is InChI=1S/C19H22N4O2/c1-11(2)16-14(25-5)8-12(3)17-18(16)13(9-20)23(19(17)24)10-15-21-6-7-22(15)4/h6-8,11,13H,10H2,1-5H3. The van der Waals surface area contributed by atoms with E-state index in [0.29, 0.717) is 12.1 Å². The Morgan fingerprint density at radius 3 is 2.68 bits per heavy atom. The fourth-order valence-electron chi connectivity index (χ4n) is 3.57. The highest BCUT2D eigenvalue weighted by Crippen LogP contribution is 2.44. The number of carbonyl (C=O) groups excluding carboxylic acids is 1. The minimum atomic E-state index is -0.634. The molecule has 0 spiro atoms. The quantitative estimate of drug-likeness (QED) is 0.859. The molecule has 0 aliphatic carbocycles. The van der Waals surface area contributed by atoms with Gasteiger partial charge < -0.3 is 14.2 Å². The lowest BCUT2D eigenvalue weighted by molar-refractivity contribution is 0.0738. The van der Waals surface area contributed by atoms with Crippen LogP contribution in [0.3, 0.4) is 0 Å². The van der Waals surface area contributed by atoms with Gasteiger partial charge in [0.25, 0.3) is 5.91 Å². The molecule has 0 saturated carbocycles. The van der Waals surface area contributed by atoms with Gasteiger partial charge in [-0.2, -0.15) is 5.26 Å². The highest BCUT2D eigenvalue weighted by Gasteiger charge is 2.41. The molecule has 2 heterocycles. The minimum absolute atomic E-state index is 0.119. The van der Waals surface area contributed by atoms with Gasteiger partial charge in [0.2, 0.25) is 0 Å². The molecule has 6 nitrogen and oxygen atoms in total. The van der Waals surface area contributed by atoms with Crippen molar-refractivity contribution >= 4 is 5.91 Å². The molecule has 0 radical (unpaired) electrons. The summed E-state index contributed by atoms with van der Waals surface area (Å²) in [6.45, 7) is 6.29. The molecular weight excluding hydrogens is 316 g/mol. The SMILES string of the molecule is COc1cc(C)c2c(c1C(C)C)C(C#N)N(Cc1nccn1C)C2=O. The third-order valence-corrected chi connectivity index (χ3v) is 4.78. The van der Waals surface area contributed by atoms with Gasteiger partial charge in [-0.1, -0.05) is 13.8 Å². The van der Waals surface area contributed by atoms with Gasteiger partial charge >= 0.3 is 0 Å². The van der Waals surface area contributed by atoms with Gasteiger partial charge in [-0.25, -0.2) is 4.98 Å². The number of hydrogen-bond donors (Lipinski definition) is 0. The van der Waals surface area contributed by atoms with E-state index in [1.54, 1.807) is 18.2 Å². The molecule has 2 aromatic rings. The number of nitrogens with zero attached hydrogens (tertiary/aromatic N) is 4. The third kappa shape index (κ3) is 2.56. The molecule has 1 aromatic heterocycles. The average molecular weight is 338 g/mol. The van der Waals surface area contributed by atoms with Crippen LogP contribution < -0.4 is 4.74 Å². The van der Waals surface area contributed by atoms with Crippen molar-refractivity contribution in [2.75, 3.05) is 7.11 Å². The van der Waals surface area contributed by atoms with Crippen molar-refractivity contribution in [1.29, 1.82) is 5.26 Å². The summed E-state index contributed by atoms with van der Waals surface area (Å²) in [7, 11) is 3.50. The molecule has 1 atom stereocenters. The number of ether oxygens (including phenoxy) is 1. The molecule has 0 bridgehead atoms. The number of fused-ring (bicyclic) bond motifs is 1. The lowest BCUT2D eigenvalue weighted by atomic mass is 9.88. The second kappa shape index (κ2) is 6.25. The van der Waals surface area contributed by atoms with Crippen LogP contribution in [0.15, 0.2) is 18.5 Å². The first-order chi connectivity index (χ1) is 11.9. The fraction of sp³-hybridized carbons (Fsp3) is 0.421.